The lowest BCUT2D eigenvalue weighted by atomic mass is 10.2. The standard InChI is InChI=1S/C21H23NO5/c23-21(22-12-18-14-26-19-5-1-2-6-20(19)27-18)15-7-9-16(10-8-15)25-13-17-4-3-11-24-17/h1-2,5-10,17-18H,3-4,11-14H2,(H,22,23)/t17-,18+/m1/s1. The minimum atomic E-state index is -0.210. The number of ether oxygens (including phenoxy) is 4. The summed E-state index contributed by atoms with van der Waals surface area (Å²) >= 11 is 0. The van der Waals surface area contributed by atoms with Crippen molar-refractivity contribution in [2.75, 3.05) is 26.4 Å². The molecular weight excluding hydrogens is 346 g/mol. The van der Waals surface area contributed by atoms with Crippen LogP contribution in [0.25, 0.3) is 0 Å². The highest BCUT2D eigenvalue weighted by Crippen LogP contribution is 2.30. The highest BCUT2D eigenvalue weighted by molar-refractivity contribution is 5.94. The predicted octanol–water partition coefficient (Wildman–Crippen LogP) is 2.81. The molecule has 0 bridgehead atoms. The first-order valence-corrected chi connectivity index (χ1v) is 9.29. The Labute approximate surface area is 158 Å². The largest absolute Gasteiger partial charge is 0.491 e. The number of para-hydroxylation sites is 2. The third kappa shape index (κ3) is 4.52. The second kappa shape index (κ2) is 8.31. The van der Waals surface area contributed by atoms with Gasteiger partial charge < -0.3 is 24.3 Å². The monoisotopic (exact) mass is 369 g/mol. The summed E-state index contributed by atoms with van der Waals surface area (Å²) in [6.07, 6.45) is 2.10. The van der Waals surface area contributed by atoms with Crippen molar-refractivity contribution in [3.63, 3.8) is 0 Å². The number of carbonyl (C=O) groups excluding carboxylic acids is 1. The van der Waals surface area contributed by atoms with Crippen molar-refractivity contribution in [3.8, 4) is 17.2 Å². The topological polar surface area (TPSA) is 66.0 Å². The Balaban J connectivity index is 1.25. The van der Waals surface area contributed by atoms with Gasteiger partial charge in [-0.1, -0.05) is 12.1 Å². The van der Waals surface area contributed by atoms with Gasteiger partial charge in [0.1, 0.15) is 25.1 Å². The molecular formula is C21H23NO5. The van der Waals surface area contributed by atoms with Crippen LogP contribution in [0.3, 0.4) is 0 Å². The normalized spacial score (nSPS) is 20.9. The zero-order valence-corrected chi connectivity index (χ0v) is 15.1. The van der Waals surface area contributed by atoms with Gasteiger partial charge >= 0.3 is 0 Å². The van der Waals surface area contributed by atoms with Crippen LogP contribution in [0.4, 0.5) is 0 Å². The zero-order valence-electron chi connectivity index (χ0n) is 15.1. The van der Waals surface area contributed by atoms with Crippen molar-refractivity contribution in [2.24, 2.45) is 0 Å². The summed E-state index contributed by atoms with van der Waals surface area (Å²) in [7, 11) is 0. The Hall–Kier alpha value is -2.73. The van der Waals surface area contributed by atoms with Gasteiger partial charge in [0, 0.05) is 12.2 Å². The second-order valence-electron chi connectivity index (χ2n) is 6.68. The molecule has 0 unspecified atom stereocenters. The molecule has 1 fully saturated rings. The molecule has 2 heterocycles. The molecule has 0 radical (unpaired) electrons. The van der Waals surface area contributed by atoms with E-state index in [4.69, 9.17) is 18.9 Å². The Morgan fingerprint density at radius 1 is 1.07 bits per heavy atom. The van der Waals surface area contributed by atoms with Crippen LogP contribution in [0.5, 0.6) is 17.2 Å². The minimum Gasteiger partial charge on any atom is -0.491 e. The van der Waals surface area contributed by atoms with E-state index in [9.17, 15) is 4.79 Å². The maximum atomic E-state index is 12.3. The number of benzene rings is 2. The summed E-state index contributed by atoms with van der Waals surface area (Å²) < 4.78 is 22.8. The summed E-state index contributed by atoms with van der Waals surface area (Å²) in [5.41, 5.74) is 0.580. The number of fused-ring (bicyclic) bond motifs is 1. The first kappa shape index (κ1) is 17.7. The van der Waals surface area contributed by atoms with Crippen LogP contribution in [0.2, 0.25) is 0 Å². The molecule has 2 aliphatic rings. The van der Waals surface area contributed by atoms with Crippen LogP contribution in [0.1, 0.15) is 23.2 Å². The van der Waals surface area contributed by atoms with E-state index in [2.05, 4.69) is 5.32 Å². The number of carbonyl (C=O) groups is 1. The molecule has 1 N–H and O–H groups in total. The molecule has 4 rings (SSSR count). The lowest BCUT2D eigenvalue weighted by Crippen LogP contribution is -2.40. The van der Waals surface area contributed by atoms with Crippen molar-refractivity contribution in [3.05, 3.63) is 54.1 Å². The van der Waals surface area contributed by atoms with Crippen LogP contribution in [0.15, 0.2) is 48.5 Å². The molecule has 2 atom stereocenters. The Morgan fingerprint density at radius 3 is 2.67 bits per heavy atom. The molecule has 1 saturated heterocycles. The average molecular weight is 369 g/mol. The first-order valence-electron chi connectivity index (χ1n) is 9.29. The number of amides is 1. The van der Waals surface area contributed by atoms with Gasteiger partial charge in [-0.2, -0.15) is 0 Å². The van der Waals surface area contributed by atoms with E-state index in [1.54, 1.807) is 24.3 Å². The van der Waals surface area contributed by atoms with Gasteiger partial charge in [-0.15, -0.1) is 0 Å². The van der Waals surface area contributed by atoms with Crippen LogP contribution >= 0.6 is 0 Å². The van der Waals surface area contributed by atoms with Crippen molar-refractivity contribution in [1.29, 1.82) is 0 Å². The van der Waals surface area contributed by atoms with Gasteiger partial charge in [0.25, 0.3) is 5.91 Å². The number of rotatable bonds is 6. The van der Waals surface area contributed by atoms with Gasteiger partial charge in [0.15, 0.2) is 11.5 Å². The molecule has 2 aromatic carbocycles. The summed E-state index contributed by atoms with van der Waals surface area (Å²) in [4.78, 5) is 12.3. The third-order valence-corrected chi connectivity index (χ3v) is 4.63. The Kier molecular flexibility index (Phi) is 5.44. The summed E-state index contributed by atoms with van der Waals surface area (Å²) in [6.45, 7) is 2.15. The van der Waals surface area contributed by atoms with Crippen LogP contribution in [0, 0.1) is 0 Å². The van der Waals surface area contributed by atoms with Crippen molar-refractivity contribution < 1.29 is 23.7 Å². The molecule has 0 aliphatic carbocycles. The third-order valence-electron chi connectivity index (χ3n) is 4.63. The van der Waals surface area contributed by atoms with Gasteiger partial charge in [-0.25, -0.2) is 0 Å². The van der Waals surface area contributed by atoms with Gasteiger partial charge in [-0.05, 0) is 49.2 Å². The van der Waals surface area contributed by atoms with E-state index in [0.717, 1.165) is 30.9 Å². The fourth-order valence-electron chi connectivity index (χ4n) is 3.14. The van der Waals surface area contributed by atoms with Gasteiger partial charge in [0.05, 0.1) is 12.6 Å². The molecule has 0 saturated carbocycles. The van der Waals surface area contributed by atoms with E-state index in [-0.39, 0.29) is 18.1 Å². The smallest absolute Gasteiger partial charge is 0.251 e. The highest BCUT2D eigenvalue weighted by Gasteiger charge is 2.21. The molecule has 27 heavy (non-hydrogen) atoms. The van der Waals surface area contributed by atoms with E-state index in [1.165, 1.54) is 0 Å². The fourth-order valence-corrected chi connectivity index (χ4v) is 3.14. The highest BCUT2D eigenvalue weighted by atomic mass is 16.6. The summed E-state index contributed by atoms with van der Waals surface area (Å²) in [6, 6.07) is 14.7. The van der Waals surface area contributed by atoms with Crippen LogP contribution in [-0.2, 0) is 4.74 Å². The van der Waals surface area contributed by atoms with Crippen molar-refractivity contribution >= 4 is 5.91 Å². The lowest BCUT2D eigenvalue weighted by molar-refractivity contribution is 0.0679. The maximum absolute atomic E-state index is 12.3. The SMILES string of the molecule is O=C(NC[C@H]1COc2ccccc2O1)c1ccc(OC[C@H]2CCCO2)cc1. The fraction of sp³-hybridized carbons (Fsp3) is 0.381. The quantitative estimate of drug-likeness (QED) is 0.848. The van der Waals surface area contributed by atoms with Gasteiger partial charge in [-0.3, -0.25) is 4.79 Å². The second-order valence-corrected chi connectivity index (χ2v) is 6.68. The summed E-state index contributed by atoms with van der Waals surface area (Å²) in [5.74, 6) is 2.03. The van der Waals surface area contributed by atoms with Crippen LogP contribution < -0.4 is 19.5 Å². The van der Waals surface area contributed by atoms with Crippen molar-refractivity contribution in [2.45, 2.75) is 25.0 Å². The van der Waals surface area contributed by atoms with E-state index in [1.807, 2.05) is 24.3 Å². The molecule has 6 nitrogen and oxygen atoms in total. The number of hydrogen-bond acceptors (Lipinski definition) is 5. The van der Waals surface area contributed by atoms with E-state index in [0.29, 0.717) is 31.1 Å². The molecule has 0 aromatic heterocycles. The van der Waals surface area contributed by atoms with Crippen molar-refractivity contribution in [1.82, 2.24) is 5.32 Å². The molecule has 1 amide bonds. The molecule has 6 heteroatoms. The maximum Gasteiger partial charge on any atom is 0.251 e. The van der Waals surface area contributed by atoms with Gasteiger partial charge in [0.2, 0.25) is 0 Å². The van der Waals surface area contributed by atoms with E-state index < -0.39 is 0 Å². The molecule has 2 aliphatic heterocycles. The lowest BCUT2D eigenvalue weighted by Gasteiger charge is -2.26. The molecule has 0 spiro atoms. The summed E-state index contributed by atoms with van der Waals surface area (Å²) in [5, 5.41) is 2.89. The molecule has 2 aromatic rings. The van der Waals surface area contributed by atoms with Crippen LogP contribution in [-0.4, -0.2) is 44.5 Å². The van der Waals surface area contributed by atoms with E-state index >= 15 is 0 Å². The minimum absolute atomic E-state index is 0.150. The number of hydrogen-bond donors (Lipinski definition) is 1. The number of nitrogens with one attached hydrogen (secondary N) is 1. The predicted molar refractivity (Wildman–Crippen MR) is 99.6 cm³/mol. The zero-order chi connectivity index (χ0) is 18.5. The molecule has 142 valence electrons. The Bertz CT molecular complexity index is 770. The Morgan fingerprint density at radius 2 is 1.89 bits per heavy atom. The average Bonchev–Trinajstić information content (AvgIpc) is 3.24. The first-order chi connectivity index (χ1) is 13.3.